The second-order valence-electron chi connectivity index (χ2n) is 4.28. The minimum Gasteiger partial charge on any atom is -0.395 e. The van der Waals surface area contributed by atoms with Gasteiger partial charge in [-0.15, -0.1) is 0 Å². The van der Waals surface area contributed by atoms with E-state index in [0.717, 1.165) is 12.8 Å². The first-order valence-electron chi connectivity index (χ1n) is 4.44. The average molecular weight is 171 g/mol. The Labute approximate surface area is 73.2 Å². The summed E-state index contributed by atoms with van der Waals surface area (Å²) in [6, 6.07) is 0. The molecule has 0 aromatic rings. The van der Waals surface area contributed by atoms with Crippen molar-refractivity contribution in [3.05, 3.63) is 0 Å². The molecule has 0 saturated heterocycles. The fourth-order valence-electron chi connectivity index (χ4n) is 1.78. The number of hydrogen-bond donors (Lipinski definition) is 2. The summed E-state index contributed by atoms with van der Waals surface area (Å²) in [4.78, 5) is 11.2. The third kappa shape index (κ3) is 2.21. The van der Waals surface area contributed by atoms with Gasteiger partial charge in [-0.2, -0.15) is 0 Å². The number of carbonyl (C=O) groups is 1. The molecule has 0 aromatic heterocycles. The molecule has 0 radical (unpaired) electrons. The van der Waals surface area contributed by atoms with Crippen molar-refractivity contribution in [1.29, 1.82) is 0 Å². The molecule has 0 spiro atoms. The average Bonchev–Trinajstić information content (AvgIpc) is 1.95. The second-order valence-corrected chi connectivity index (χ2v) is 4.28. The first kappa shape index (κ1) is 9.52. The molecule has 70 valence electrons. The molecule has 1 fully saturated rings. The molecule has 0 aliphatic heterocycles. The Morgan fingerprint density at radius 3 is 2.58 bits per heavy atom. The van der Waals surface area contributed by atoms with Gasteiger partial charge in [-0.1, -0.05) is 13.8 Å². The van der Waals surface area contributed by atoms with Crippen LogP contribution in [0.4, 0.5) is 0 Å². The maximum absolute atomic E-state index is 11.2. The van der Waals surface area contributed by atoms with Crippen molar-refractivity contribution in [3.63, 3.8) is 0 Å². The highest BCUT2D eigenvalue weighted by molar-refractivity contribution is 5.79. The van der Waals surface area contributed by atoms with Crippen LogP contribution < -0.4 is 5.32 Å². The minimum absolute atomic E-state index is 0.0296. The number of amides is 1. The number of aliphatic hydroxyl groups excluding tert-OH is 1. The van der Waals surface area contributed by atoms with Crippen molar-refractivity contribution in [2.24, 2.45) is 11.3 Å². The summed E-state index contributed by atoms with van der Waals surface area (Å²) in [5.74, 6) is 0.287. The van der Waals surface area contributed by atoms with Crippen LogP contribution in [0.1, 0.15) is 26.7 Å². The first-order valence-corrected chi connectivity index (χ1v) is 4.44. The lowest BCUT2D eigenvalue weighted by Crippen LogP contribution is -2.43. The summed E-state index contributed by atoms with van der Waals surface area (Å²) < 4.78 is 0. The van der Waals surface area contributed by atoms with Crippen LogP contribution in [0.25, 0.3) is 0 Å². The Bertz CT molecular complexity index is 169. The van der Waals surface area contributed by atoms with Gasteiger partial charge in [0, 0.05) is 12.5 Å². The molecule has 0 bridgehead atoms. The van der Waals surface area contributed by atoms with Gasteiger partial charge in [0.1, 0.15) is 0 Å². The summed E-state index contributed by atoms with van der Waals surface area (Å²) in [6.45, 7) is 4.75. The fraction of sp³-hybridized carbons (Fsp3) is 0.889. The van der Waals surface area contributed by atoms with Crippen molar-refractivity contribution in [1.82, 2.24) is 5.32 Å². The summed E-state index contributed by atoms with van der Waals surface area (Å²) in [5.41, 5.74) is 0.348. The van der Waals surface area contributed by atoms with E-state index in [4.69, 9.17) is 5.11 Å². The van der Waals surface area contributed by atoms with Gasteiger partial charge in [0.25, 0.3) is 0 Å². The van der Waals surface area contributed by atoms with Crippen molar-refractivity contribution >= 4 is 5.91 Å². The van der Waals surface area contributed by atoms with E-state index >= 15 is 0 Å². The maximum atomic E-state index is 11.2. The SMILES string of the molecule is CC1(C)CC(C(=O)NCCO)C1. The molecule has 1 amide bonds. The molecule has 1 saturated carbocycles. The van der Waals surface area contributed by atoms with Gasteiger partial charge in [0.15, 0.2) is 0 Å². The number of carbonyl (C=O) groups excluding carboxylic acids is 1. The molecule has 1 aliphatic rings. The zero-order valence-electron chi connectivity index (χ0n) is 7.76. The summed E-state index contributed by atoms with van der Waals surface area (Å²) in [7, 11) is 0. The standard InChI is InChI=1S/C9H17NO2/c1-9(2)5-7(6-9)8(12)10-3-4-11/h7,11H,3-6H2,1-2H3,(H,10,12). The molecule has 0 heterocycles. The summed E-state index contributed by atoms with van der Waals surface area (Å²) >= 11 is 0. The zero-order chi connectivity index (χ0) is 9.19. The van der Waals surface area contributed by atoms with E-state index in [1.165, 1.54) is 0 Å². The van der Waals surface area contributed by atoms with Crippen molar-refractivity contribution in [3.8, 4) is 0 Å². The van der Waals surface area contributed by atoms with Gasteiger partial charge in [-0.3, -0.25) is 4.79 Å². The molecular weight excluding hydrogens is 154 g/mol. The number of aliphatic hydroxyl groups is 1. The van der Waals surface area contributed by atoms with Gasteiger partial charge in [0.05, 0.1) is 6.61 Å². The van der Waals surface area contributed by atoms with E-state index in [1.807, 2.05) is 0 Å². The monoisotopic (exact) mass is 171 g/mol. The van der Waals surface area contributed by atoms with E-state index < -0.39 is 0 Å². The maximum Gasteiger partial charge on any atom is 0.223 e. The smallest absolute Gasteiger partial charge is 0.223 e. The minimum atomic E-state index is 0.0296. The first-order chi connectivity index (χ1) is 5.55. The van der Waals surface area contributed by atoms with Gasteiger partial charge in [-0.05, 0) is 18.3 Å². The van der Waals surface area contributed by atoms with Gasteiger partial charge >= 0.3 is 0 Å². The molecule has 3 nitrogen and oxygen atoms in total. The molecule has 0 atom stereocenters. The number of nitrogens with one attached hydrogen (secondary N) is 1. The predicted octanol–water partition coefficient (Wildman–Crippen LogP) is 0.531. The quantitative estimate of drug-likeness (QED) is 0.650. The van der Waals surface area contributed by atoms with Crippen LogP contribution in [0.15, 0.2) is 0 Å². The van der Waals surface area contributed by atoms with E-state index in [9.17, 15) is 4.79 Å². The highest BCUT2D eigenvalue weighted by Gasteiger charge is 2.39. The third-order valence-electron chi connectivity index (χ3n) is 2.38. The Kier molecular flexibility index (Phi) is 2.73. The molecule has 2 N–H and O–H groups in total. The summed E-state index contributed by atoms with van der Waals surface area (Å²) in [5, 5.41) is 11.2. The third-order valence-corrected chi connectivity index (χ3v) is 2.38. The van der Waals surface area contributed by atoms with Crippen LogP contribution in [0.5, 0.6) is 0 Å². The molecule has 0 aromatic carbocycles. The largest absolute Gasteiger partial charge is 0.395 e. The van der Waals surface area contributed by atoms with Crippen LogP contribution in [0.3, 0.4) is 0 Å². The molecule has 12 heavy (non-hydrogen) atoms. The lowest BCUT2D eigenvalue weighted by Gasteiger charge is -2.41. The normalized spacial score (nSPS) is 21.6. The fourth-order valence-corrected chi connectivity index (χ4v) is 1.78. The van der Waals surface area contributed by atoms with Gasteiger partial charge in [0.2, 0.25) is 5.91 Å². The van der Waals surface area contributed by atoms with Crippen LogP contribution in [-0.4, -0.2) is 24.2 Å². The number of rotatable bonds is 3. The lowest BCUT2D eigenvalue weighted by atomic mass is 9.64. The van der Waals surface area contributed by atoms with Crippen LogP contribution >= 0.6 is 0 Å². The van der Waals surface area contributed by atoms with Gasteiger partial charge < -0.3 is 10.4 Å². The van der Waals surface area contributed by atoms with Gasteiger partial charge in [-0.25, -0.2) is 0 Å². The Hall–Kier alpha value is -0.570. The highest BCUT2D eigenvalue weighted by Crippen LogP contribution is 2.44. The predicted molar refractivity (Wildman–Crippen MR) is 46.6 cm³/mol. The van der Waals surface area contributed by atoms with Crippen molar-refractivity contribution in [2.45, 2.75) is 26.7 Å². The van der Waals surface area contributed by atoms with Crippen molar-refractivity contribution < 1.29 is 9.90 Å². The lowest BCUT2D eigenvalue weighted by molar-refractivity contribution is -0.131. The Balaban J connectivity index is 2.19. The highest BCUT2D eigenvalue weighted by atomic mass is 16.3. The van der Waals surface area contributed by atoms with E-state index in [1.54, 1.807) is 0 Å². The Morgan fingerprint density at radius 1 is 1.58 bits per heavy atom. The molecule has 0 unspecified atom stereocenters. The molecule has 1 aliphatic carbocycles. The van der Waals surface area contributed by atoms with E-state index in [2.05, 4.69) is 19.2 Å². The Morgan fingerprint density at radius 2 is 2.17 bits per heavy atom. The summed E-state index contributed by atoms with van der Waals surface area (Å²) in [6.07, 6.45) is 1.95. The second kappa shape index (κ2) is 3.44. The van der Waals surface area contributed by atoms with Crippen molar-refractivity contribution in [2.75, 3.05) is 13.2 Å². The van der Waals surface area contributed by atoms with Crippen LogP contribution in [0.2, 0.25) is 0 Å². The molecule has 1 rings (SSSR count). The molecule has 3 heteroatoms. The van der Waals surface area contributed by atoms with Crippen LogP contribution in [0, 0.1) is 11.3 Å². The topological polar surface area (TPSA) is 49.3 Å². The molecular formula is C9H17NO2. The number of hydrogen-bond acceptors (Lipinski definition) is 2. The van der Waals surface area contributed by atoms with E-state index in [0.29, 0.717) is 12.0 Å². The van der Waals surface area contributed by atoms with Crippen LogP contribution in [-0.2, 0) is 4.79 Å². The zero-order valence-corrected chi connectivity index (χ0v) is 7.76. The van der Waals surface area contributed by atoms with E-state index in [-0.39, 0.29) is 18.4 Å².